The monoisotopic (exact) mass is 280 g/mol. The second kappa shape index (κ2) is 4.85. The number of nitrogens with one attached hydrogen (secondary N) is 2. The Morgan fingerprint density at radius 1 is 1.12 bits per heavy atom. The zero-order valence-corrected chi connectivity index (χ0v) is 9.82. The Morgan fingerprint density at radius 2 is 1.88 bits per heavy atom. The number of rotatable bonds is 2. The fraction of sp³-hybridized carbons (Fsp3) is 0. The number of furan rings is 1. The molecule has 0 saturated carbocycles. The van der Waals surface area contributed by atoms with E-state index in [-0.39, 0.29) is 6.03 Å². The first-order valence-electron chi connectivity index (χ1n) is 4.61. The second-order valence-electron chi connectivity index (χ2n) is 3.06. The molecule has 4 nitrogen and oxygen atoms in total. The Bertz CT molecular complexity index is 465. The van der Waals surface area contributed by atoms with Gasteiger partial charge in [0.15, 0.2) is 0 Å². The molecule has 5 heteroatoms. The third kappa shape index (κ3) is 2.87. The molecule has 0 fully saturated rings. The summed E-state index contributed by atoms with van der Waals surface area (Å²) in [7, 11) is 0. The van der Waals surface area contributed by atoms with Gasteiger partial charge in [0.1, 0.15) is 0 Å². The second-order valence-corrected chi connectivity index (χ2v) is 3.98. The number of urea groups is 1. The highest BCUT2D eigenvalue weighted by atomic mass is 79.9. The molecule has 1 aromatic carbocycles. The highest BCUT2D eigenvalue weighted by Crippen LogP contribution is 2.14. The summed E-state index contributed by atoms with van der Waals surface area (Å²) in [5.41, 5.74) is 0.715. The van der Waals surface area contributed by atoms with Crippen molar-refractivity contribution in [2.75, 3.05) is 10.6 Å². The minimum absolute atomic E-state index is 0.336. The van der Waals surface area contributed by atoms with Crippen molar-refractivity contribution >= 4 is 33.5 Å². The van der Waals surface area contributed by atoms with E-state index in [0.717, 1.165) is 4.47 Å². The van der Waals surface area contributed by atoms with Crippen molar-refractivity contribution in [2.45, 2.75) is 0 Å². The Morgan fingerprint density at radius 3 is 2.50 bits per heavy atom. The van der Waals surface area contributed by atoms with Gasteiger partial charge < -0.3 is 9.73 Å². The van der Waals surface area contributed by atoms with Crippen LogP contribution in [-0.2, 0) is 0 Å². The number of hydrogen-bond acceptors (Lipinski definition) is 2. The smallest absolute Gasteiger partial charge is 0.326 e. The van der Waals surface area contributed by atoms with Gasteiger partial charge in [-0.1, -0.05) is 15.9 Å². The van der Waals surface area contributed by atoms with Gasteiger partial charge in [-0.15, -0.1) is 0 Å². The lowest BCUT2D eigenvalue weighted by atomic mass is 10.3. The Kier molecular flexibility index (Phi) is 3.26. The van der Waals surface area contributed by atoms with Gasteiger partial charge in [-0.25, -0.2) is 4.79 Å². The quantitative estimate of drug-likeness (QED) is 0.882. The Labute approximate surface area is 101 Å². The molecule has 0 radical (unpaired) electrons. The molecule has 2 N–H and O–H groups in total. The van der Waals surface area contributed by atoms with Crippen LogP contribution in [0.4, 0.5) is 16.4 Å². The highest BCUT2D eigenvalue weighted by molar-refractivity contribution is 9.10. The van der Waals surface area contributed by atoms with Gasteiger partial charge in [0.25, 0.3) is 0 Å². The summed E-state index contributed by atoms with van der Waals surface area (Å²) in [6.07, 6.45) is 1.50. The van der Waals surface area contributed by atoms with Crippen molar-refractivity contribution in [3.63, 3.8) is 0 Å². The van der Waals surface area contributed by atoms with Crippen LogP contribution in [0.3, 0.4) is 0 Å². The summed E-state index contributed by atoms with van der Waals surface area (Å²) in [5.74, 6) is 0.412. The Hall–Kier alpha value is -1.75. The molecule has 2 rings (SSSR count). The first-order valence-corrected chi connectivity index (χ1v) is 5.40. The van der Waals surface area contributed by atoms with E-state index in [1.807, 2.05) is 12.1 Å². The highest BCUT2D eigenvalue weighted by Gasteiger charge is 2.03. The van der Waals surface area contributed by atoms with Crippen molar-refractivity contribution < 1.29 is 9.21 Å². The predicted octanol–water partition coefficient (Wildman–Crippen LogP) is 3.69. The molecular formula is C11H9BrN2O2. The molecule has 0 saturated heterocycles. The minimum atomic E-state index is -0.336. The van der Waals surface area contributed by atoms with E-state index >= 15 is 0 Å². The largest absolute Gasteiger partial charge is 0.449 e. The number of carbonyl (C=O) groups is 1. The van der Waals surface area contributed by atoms with Crippen LogP contribution in [0.15, 0.2) is 51.6 Å². The van der Waals surface area contributed by atoms with E-state index in [4.69, 9.17) is 4.42 Å². The zero-order valence-electron chi connectivity index (χ0n) is 8.24. The third-order valence-electron chi connectivity index (χ3n) is 1.86. The fourth-order valence-electron chi connectivity index (χ4n) is 1.16. The van der Waals surface area contributed by atoms with Gasteiger partial charge in [-0.3, -0.25) is 5.32 Å². The van der Waals surface area contributed by atoms with E-state index in [9.17, 15) is 4.79 Å². The standard InChI is InChI=1S/C11H9BrN2O2/c12-8-3-5-9(6-4-8)13-11(15)14-10-2-1-7-16-10/h1-7H,(H2,13,14,15). The van der Waals surface area contributed by atoms with Crippen LogP contribution in [0, 0.1) is 0 Å². The molecule has 1 aromatic heterocycles. The lowest BCUT2D eigenvalue weighted by molar-refractivity contribution is 0.261. The molecule has 82 valence electrons. The zero-order chi connectivity index (χ0) is 11.4. The molecule has 0 aliphatic rings. The van der Waals surface area contributed by atoms with Crippen LogP contribution >= 0.6 is 15.9 Å². The number of benzene rings is 1. The van der Waals surface area contributed by atoms with E-state index in [2.05, 4.69) is 26.6 Å². The third-order valence-corrected chi connectivity index (χ3v) is 2.39. The lowest BCUT2D eigenvalue weighted by Gasteiger charge is -2.05. The van der Waals surface area contributed by atoms with Crippen LogP contribution in [0.1, 0.15) is 0 Å². The van der Waals surface area contributed by atoms with E-state index in [1.165, 1.54) is 6.26 Å². The fourth-order valence-corrected chi connectivity index (χ4v) is 1.42. The molecule has 0 aliphatic heterocycles. The van der Waals surface area contributed by atoms with Crippen molar-refractivity contribution in [2.24, 2.45) is 0 Å². The van der Waals surface area contributed by atoms with Gasteiger partial charge in [-0.05, 0) is 30.3 Å². The molecule has 0 unspecified atom stereocenters. The maximum atomic E-state index is 11.5. The maximum Gasteiger partial charge on any atom is 0.326 e. The summed E-state index contributed by atoms with van der Waals surface area (Å²) >= 11 is 3.32. The topological polar surface area (TPSA) is 54.3 Å². The average molecular weight is 281 g/mol. The molecular weight excluding hydrogens is 272 g/mol. The van der Waals surface area contributed by atoms with E-state index < -0.39 is 0 Å². The molecule has 1 heterocycles. The van der Waals surface area contributed by atoms with Gasteiger partial charge in [0, 0.05) is 16.2 Å². The van der Waals surface area contributed by atoms with E-state index in [0.29, 0.717) is 11.6 Å². The number of hydrogen-bond donors (Lipinski definition) is 2. The SMILES string of the molecule is O=C(Nc1ccc(Br)cc1)Nc1ccco1. The molecule has 0 bridgehead atoms. The Balaban J connectivity index is 1.95. The van der Waals surface area contributed by atoms with Crippen LogP contribution in [0.5, 0.6) is 0 Å². The predicted molar refractivity (Wildman–Crippen MR) is 65.5 cm³/mol. The summed E-state index contributed by atoms with van der Waals surface area (Å²) < 4.78 is 5.94. The van der Waals surface area contributed by atoms with Crippen molar-refractivity contribution in [1.29, 1.82) is 0 Å². The summed E-state index contributed by atoms with van der Waals surface area (Å²) in [5, 5.41) is 5.23. The van der Waals surface area contributed by atoms with Crippen molar-refractivity contribution in [3.8, 4) is 0 Å². The number of anilines is 2. The van der Waals surface area contributed by atoms with Crippen LogP contribution in [-0.4, -0.2) is 6.03 Å². The normalized spacial score (nSPS) is 9.81. The summed E-state index contributed by atoms with van der Waals surface area (Å²) in [6.45, 7) is 0. The average Bonchev–Trinajstić information content (AvgIpc) is 2.74. The maximum absolute atomic E-state index is 11.5. The first-order chi connectivity index (χ1) is 7.74. The lowest BCUT2D eigenvalue weighted by Crippen LogP contribution is -2.18. The van der Waals surface area contributed by atoms with Crippen LogP contribution in [0.2, 0.25) is 0 Å². The number of amides is 2. The van der Waals surface area contributed by atoms with Gasteiger partial charge in [0.2, 0.25) is 5.88 Å². The molecule has 0 aliphatic carbocycles. The van der Waals surface area contributed by atoms with Gasteiger partial charge >= 0.3 is 6.03 Å². The number of carbonyl (C=O) groups excluding carboxylic acids is 1. The molecule has 0 atom stereocenters. The van der Waals surface area contributed by atoms with Crippen molar-refractivity contribution in [1.82, 2.24) is 0 Å². The summed E-state index contributed by atoms with van der Waals surface area (Å²) in [6, 6.07) is 10.3. The molecule has 16 heavy (non-hydrogen) atoms. The molecule has 0 spiro atoms. The van der Waals surface area contributed by atoms with Gasteiger partial charge in [-0.2, -0.15) is 0 Å². The minimum Gasteiger partial charge on any atom is -0.449 e. The van der Waals surface area contributed by atoms with Crippen molar-refractivity contribution in [3.05, 3.63) is 47.1 Å². The van der Waals surface area contributed by atoms with Gasteiger partial charge in [0.05, 0.1) is 6.26 Å². The molecule has 2 amide bonds. The van der Waals surface area contributed by atoms with E-state index in [1.54, 1.807) is 24.3 Å². The molecule has 2 aromatic rings. The summed E-state index contributed by atoms with van der Waals surface area (Å²) in [4.78, 5) is 11.5. The van der Waals surface area contributed by atoms with Crippen LogP contribution in [0.25, 0.3) is 0 Å². The first kappa shape index (κ1) is 10.8. The number of halogens is 1. The van der Waals surface area contributed by atoms with Crippen LogP contribution < -0.4 is 10.6 Å².